The Morgan fingerprint density at radius 1 is 1.07 bits per heavy atom. The molecule has 2 N–H and O–H groups in total. The number of hydrogen-bond acceptors (Lipinski definition) is 8. The second-order valence-corrected chi connectivity index (χ2v) is 10.7. The van der Waals surface area contributed by atoms with Crippen molar-refractivity contribution in [1.82, 2.24) is 14.9 Å². The molecule has 0 atom stereocenters. The van der Waals surface area contributed by atoms with E-state index in [-0.39, 0.29) is 18.1 Å². The summed E-state index contributed by atoms with van der Waals surface area (Å²) in [5.41, 5.74) is 4.06. The van der Waals surface area contributed by atoms with E-state index in [1.165, 1.54) is 6.20 Å². The molecule has 0 saturated carbocycles. The molecule has 2 aromatic carbocycles. The van der Waals surface area contributed by atoms with Crippen LogP contribution in [0.1, 0.15) is 36.6 Å². The van der Waals surface area contributed by atoms with Gasteiger partial charge in [-0.2, -0.15) is 5.26 Å². The lowest BCUT2D eigenvalue weighted by molar-refractivity contribution is -0.116. The fraction of sp³-hybridized carbons (Fsp3) is 0.290. The lowest BCUT2D eigenvalue weighted by Gasteiger charge is -2.18. The number of amides is 1. The van der Waals surface area contributed by atoms with Gasteiger partial charge in [0.05, 0.1) is 50.5 Å². The number of hydrogen-bond donors (Lipinski definition) is 2. The predicted molar refractivity (Wildman–Crippen MR) is 167 cm³/mol. The maximum Gasteiger partial charge on any atom is 0.224 e. The third-order valence-corrected chi connectivity index (χ3v) is 7.04. The third-order valence-electron chi connectivity index (χ3n) is 6.44. The molecule has 9 nitrogen and oxygen atoms in total. The van der Waals surface area contributed by atoms with Gasteiger partial charge in [-0.25, -0.2) is 0 Å². The first-order valence-corrected chi connectivity index (χ1v) is 14.2. The number of fused-ring (bicyclic) bond motifs is 1. The highest BCUT2D eigenvalue weighted by molar-refractivity contribution is 6.36. The Kier molecular flexibility index (Phi) is 10.4. The summed E-state index contributed by atoms with van der Waals surface area (Å²) in [5, 5.41) is 17.4. The molecule has 2 heterocycles. The molecule has 0 fully saturated rings. The lowest BCUT2D eigenvalue weighted by Crippen LogP contribution is -2.17. The van der Waals surface area contributed by atoms with Gasteiger partial charge in [0.1, 0.15) is 24.2 Å². The van der Waals surface area contributed by atoms with E-state index >= 15 is 0 Å². The van der Waals surface area contributed by atoms with Crippen molar-refractivity contribution >= 4 is 57.1 Å². The average Bonchev–Trinajstić information content (AvgIpc) is 2.95. The molecule has 0 aliphatic carbocycles. The Hall–Kier alpha value is -4.10. The molecule has 1 amide bonds. The summed E-state index contributed by atoms with van der Waals surface area (Å²) in [5.74, 6) is 0.750. The van der Waals surface area contributed by atoms with Gasteiger partial charge in [0.25, 0.3) is 0 Å². The Balaban J connectivity index is 1.66. The zero-order chi connectivity index (χ0) is 30.2. The highest BCUT2D eigenvalue weighted by Crippen LogP contribution is 2.40. The number of carbonyl (C=O) groups is 1. The summed E-state index contributed by atoms with van der Waals surface area (Å²) >= 11 is 13.2. The Labute approximate surface area is 255 Å². The molecule has 0 aliphatic heterocycles. The number of benzene rings is 2. The fourth-order valence-corrected chi connectivity index (χ4v) is 4.68. The van der Waals surface area contributed by atoms with Crippen LogP contribution in [0.2, 0.25) is 10.0 Å². The SMILES string of the molecule is CCOc1cc2ncc(C#N)c(Nc3cc(Cl)c(OCc4ncccc4C)cc3Cl)c2cc1NC(=O)CCCN(C)C. The highest BCUT2D eigenvalue weighted by Gasteiger charge is 2.18. The molecule has 0 bridgehead atoms. The number of nitriles is 1. The number of aromatic nitrogens is 2. The van der Waals surface area contributed by atoms with Gasteiger partial charge in [-0.3, -0.25) is 14.8 Å². The molecule has 0 spiro atoms. The largest absolute Gasteiger partial charge is 0.492 e. The van der Waals surface area contributed by atoms with Crippen molar-refractivity contribution in [3.8, 4) is 17.6 Å². The van der Waals surface area contributed by atoms with Crippen molar-refractivity contribution < 1.29 is 14.3 Å². The van der Waals surface area contributed by atoms with Gasteiger partial charge in [-0.1, -0.05) is 29.3 Å². The molecular formula is C31H32Cl2N6O3. The molecule has 0 radical (unpaired) electrons. The van der Waals surface area contributed by atoms with Crippen LogP contribution in [0, 0.1) is 18.3 Å². The van der Waals surface area contributed by atoms with Gasteiger partial charge < -0.3 is 25.0 Å². The van der Waals surface area contributed by atoms with Crippen LogP contribution in [0.4, 0.5) is 17.1 Å². The van der Waals surface area contributed by atoms with Crippen molar-refractivity contribution in [2.45, 2.75) is 33.3 Å². The fourth-order valence-electron chi connectivity index (χ4n) is 4.27. The second-order valence-electron chi connectivity index (χ2n) is 9.86. The molecule has 11 heteroatoms. The third kappa shape index (κ3) is 7.59. The van der Waals surface area contributed by atoms with E-state index in [1.54, 1.807) is 30.5 Å². The van der Waals surface area contributed by atoms with Crippen LogP contribution >= 0.6 is 23.2 Å². The van der Waals surface area contributed by atoms with Crippen LogP contribution < -0.4 is 20.1 Å². The number of rotatable bonds is 12. The number of carbonyl (C=O) groups excluding carboxylic acids is 1. The van der Waals surface area contributed by atoms with Gasteiger partial charge in [-0.05, 0) is 64.7 Å². The van der Waals surface area contributed by atoms with E-state index in [1.807, 2.05) is 45.0 Å². The van der Waals surface area contributed by atoms with Crippen molar-refractivity contribution in [3.05, 3.63) is 75.7 Å². The van der Waals surface area contributed by atoms with Gasteiger partial charge in [0.2, 0.25) is 5.91 Å². The minimum Gasteiger partial charge on any atom is -0.492 e. The van der Waals surface area contributed by atoms with Gasteiger partial charge in [0.15, 0.2) is 0 Å². The van der Waals surface area contributed by atoms with E-state index in [2.05, 4.69) is 26.7 Å². The summed E-state index contributed by atoms with van der Waals surface area (Å²) in [7, 11) is 3.93. The van der Waals surface area contributed by atoms with Crippen LogP contribution in [0.5, 0.6) is 11.5 Å². The van der Waals surface area contributed by atoms with Crippen molar-refractivity contribution in [3.63, 3.8) is 0 Å². The molecule has 4 aromatic rings. The minimum atomic E-state index is -0.137. The zero-order valence-electron chi connectivity index (χ0n) is 23.9. The number of anilines is 3. The first-order valence-electron chi connectivity index (χ1n) is 13.4. The maximum atomic E-state index is 12.7. The summed E-state index contributed by atoms with van der Waals surface area (Å²) in [6.45, 7) is 5.25. The van der Waals surface area contributed by atoms with Crippen LogP contribution in [0.3, 0.4) is 0 Å². The average molecular weight is 608 g/mol. The molecule has 4 rings (SSSR count). The quantitative estimate of drug-likeness (QED) is 0.175. The van der Waals surface area contributed by atoms with E-state index in [0.29, 0.717) is 69.0 Å². The lowest BCUT2D eigenvalue weighted by atomic mass is 10.1. The summed E-state index contributed by atoms with van der Waals surface area (Å²) in [4.78, 5) is 23.6. The minimum absolute atomic E-state index is 0.137. The normalized spacial score (nSPS) is 10.9. The number of ether oxygens (including phenoxy) is 2. The van der Waals surface area contributed by atoms with Crippen molar-refractivity contribution in [2.24, 2.45) is 0 Å². The van der Waals surface area contributed by atoms with E-state index < -0.39 is 0 Å². The maximum absolute atomic E-state index is 12.7. The van der Waals surface area contributed by atoms with E-state index in [9.17, 15) is 10.1 Å². The zero-order valence-corrected chi connectivity index (χ0v) is 25.4. The number of nitrogens with one attached hydrogen (secondary N) is 2. The standard InChI is InChI=1S/C31H32Cl2N6O3/c1-5-41-29-15-24-21(12-26(29)37-30(40)9-7-11-39(3)4)31(20(16-34)17-36-24)38-25-13-23(33)28(14-22(25)32)42-18-27-19(2)8-6-10-35-27/h6,8,10,12-15,17H,5,7,9,11,18H2,1-4H3,(H,36,38)(H,37,40). The predicted octanol–water partition coefficient (Wildman–Crippen LogP) is 7.12. The highest BCUT2D eigenvalue weighted by atomic mass is 35.5. The Morgan fingerprint density at radius 2 is 1.88 bits per heavy atom. The smallest absolute Gasteiger partial charge is 0.224 e. The van der Waals surface area contributed by atoms with Gasteiger partial charge in [0, 0.05) is 36.3 Å². The second kappa shape index (κ2) is 14.2. The van der Waals surface area contributed by atoms with Gasteiger partial charge in [-0.15, -0.1) is 0 Å². The summed E-state index contributed by atoms with van der Waals surface area (Å²) < 4.78 is 11.7. The molecule has 2 aromatic heterocycles. The monoisotopic (exact) mass is 606 g/mol. The first-order chi connectivity index (χ1) is 20.2. The van der Waals surface area contributed by atoms with E-state index in [4.69, 9.17) is 32.7 Å². The molecule has 218 valence electrons. The van der Waals surface area contributed by atoms with Crippen LogP contribution in [0.25, 0.3) is 10.9 Å². The molecule has 0 saturated heterocycles. The van der Waals surface area contributed by atoms with E-state index in [0.717, 1.165) is 17.8 Å². The Bertz CT molecular complexity index is 1640. The number of aryl methyl sites for hydroxylation is 1. The van der Waals surface area contributed by atoms with Gasteiger partial charge >= 0.3 is 0 Å². The van der Waals surface area contributed by atoms with Crippen LogP contribution in [-0.4, -0.2) is 48.0 Å². The Morgan fingerprint density at radius 3 is 2.60 bits per heavy atom. The van der Waals surface area contributed by atoms with Crippen LogP contribution in [-0.2, 0) is 11.4 Å². The number of halogens is 2. The number of pyridine rings is 2. The summed E-state index contributed by atoms with van der Waals surface area (Å²) in [6, 6.07) is 12.8. The van der Waals surface area contributed by atoms with Crippen molar-refractivity contribution in [2.75, 3.05) is 37.9 Å². The number of nitrogens with zero attached hydrogens (tertiary/aromatic N) is 4. The summed E-state index contributed by atoms with van der Waals surface area (Å²) in [6.07, 6.45) is 4.25. The van der Waals surface area contributed by atoms with Crippen LogP contribution in [0.15, 0.2) is 48.8 Å². The molecule has 42 heavy (non-hydrogen) atoms. The van der Waals surface area contributed by atoms with Crippen molar-refractivity contribution in [1.29, 1.82) is 5.26 Å². The first kappa shape index (κ1) is 30.8. The topological polar surface area (TPSA) is 112 Å². The molecule has 0 unspecified atom stereocenters. The molecule has 0 aliphatic rings. The molecular weight excluding hydrogens is 575 g/mol.